The summed E-state index contributed by atoms with van der Waals surface area (Å²) in [5.41, 5.74) is 1.94. The quantitative estimate of drug-likeness (QED) is 0.327. The minimum Gasteiger partial charge on any atom is -0.469 e. The second-order valence-electron chi connectivity index (χ2n) is 12.4. The Morgan fingerprint density at radius 2 is 1.73 bits per heavy atom. The van der Waals surface area contributed by atoms with Gasteiger partial charge in [0.2, 0.25) is 0 Å². The Hall–Kier alpha value is -1.32. The van der Waals surface area contributed by atoms with E-state index in [1.54, 1.807) is 0 Å². The van der Waals surface area contributed by atoms with Crippen LogP contribution in [0.15, 0.2) is 12.2 Å². The Morgan fingerprint density at radius 3 is 2.42 bits per heavy atom. The van der Waals surface area contributed by atoms with E-state index >= 15 is 0 Å². The first-order valence-electron chi connectivity index (χ1n) is 13.5. The zero-order valence-electron chi connectivity index (χ0n) is 21.7. The van der Waals surface area contributed by atoms with E-state index in [0.717, 1.165) is 49.4 Å². The van der Waals surface area contributed by atoms with Gasteiger partial charge < -0.3 is 9.47 Å². The van der Waals surface area contributed by atoms with Crippen molar-refractivity contribution >= 4 is 11.9 Å². The van der Waals surface area contributed by atoms with Crippen LogP contribution in [0.4, 0.5) is 0 Å². The molecular formula is C29H46O4. The molecular weight excluding hydrogens is 412 g/mol. The number of methoxy groups -OCH3 is 1. The predicted molar refractivity (Wildman–Crippen MR) is 130 cm³/mol. The van der Waals surface area contributed by atoms with Gasteiger partial charge >= 0.3 is 11.9 Å². The molecule has 4 rings (SSSR count). The van der Waals surface area contributed by atoms with E-state index in [1.165, 1.54) is 58.1 Å². The Morgan fingerprint density at radius 1 is 1.03 bits per heavy atom. The molecule has 4 fully saturated rings. The molecule has 0 amide bonds. The summed E-state index contributed by atoms with van der Waals surface area (Å²) in [5.74, 6) is 4.14. The summed E-state index contributed by atoms with van der Waals surface area (Å²) in [6.45, 7) is 13.6. The third kappa shape index (κ3) is 4.29. The minimum atomic E-state index is -0.176. The second-order valence-corrected chi connectivity index (χ2v) is 12.4. The molecule has 0 spiro atoms. The van der Waals surface area contributed by atoms with Crippen molar-refractivity contribution in [2.75, 3.05) is 7.11 Å². The Kier molecular flexibility index (Phi) is 7.05. The van der Waals surface area contributed by atoms with E-state index in [4.69, 9.17) is 9.47 Å². The van der Waals surface area contributed by atoms with Gasteiger partial charge in [0.1, 0.15) is 6.10 Å². The average Bonchev–Trinajstić information content (AvgIpc) is 3.12. The largest absolute Gasteiger partial charge is 0.469 e. The van der Waals surface area contributed by atoms with Crippen molar-refractivity contribution in [3.63, 3.8) is 0 Å². The molecule has 4 aliphatic carbocycles. The molecule has 0 aromatic rings. The number of ether oxygens (including phenoxy) is 2. The number of esters is 2. The summed E-state index contributed by atoms with van der Waals surface area (Å²) in [4.78, 5) is 23.2. The Labute approximate surface area is 201 Å². The summed E-state index contributed by atoms with van der Waals surface area (Å²) in [6, 6.07) is 0. The molecule has 0 heterocycles. The van der Waals surface area contributed by atoms with E-state index in [-0.39, 0.29) is 18.0 Å². The van der Waals surface area contributed by atoms with Crippen LogP contribution in [-0.2, 0) is 19.1 Å². The van der Waals surface area contributed by atoms with Crippen LogP contribution in [0.25, 0.3) is 0 Å². The van der Waals surface area contributed by atoms with Crippen LogP contribution < -0.4 is 0 Å². The molecule has 0 unspecified atom stereocenters. The van der Waals surface area contributed by atoms with Gasteiger partial charge in [-0.2, -0.15) is 0 Å². The van der Waals surface area contributed by atoms with Gasteiger partial charge in [0, 0.05) is 13.3 Å². The lowest BCUT2D eigenvalue weighted by atomic mass is 9.44. The maximum Gasteiger partial charge on any atom is 0.305 e. The van der Waals surface area contributed by atoms with Crippen LogP contribution in [0.2, 0.25) is 0 Å². The molecule has 186 valence electrons. The van der Waals surface area contributed by atoms with E-state index in [9.17, 15) is 9.59 Å². The Balaban J connectivity index is 1.45. The standard InChI is InChI=1S/C29H46O4/c1-18(8-7-9-27(31)32-6)22-12-13-24-21-10-11-23-19(2)26(33-20(3)30)15-17-29(23,5)25(21)14-16-28(22,24)4/h18,21-26H,2,7-17H2,1,3-6H3/t18-,21+,22-,23+,24+,25+,26+,28-,29+/m1/s1. The Bertz CT molecular complexity index is 774. The van der Waals surface area contributed by atoms with Gasteiger partial charge in [-0.1, -0.05) is 27.4 Å². The van der Waals surface area contributed by atoms with Crippen molar-refractivity contribution in [1.29, 1.82) is 0 Å². The van der Waals surface area contributed by atoms with Crippen LogP contribution in [0.1, 0.15) is 98.3 Å². The highest BCUT2D eigenvalue weighted by Gasteiger charge is 2.61. The zero-order chi connectivity index (χ0) is 24.0. The monoisotopic (exact) mass is 458 g/mol. The topological polar surface area (TPSA) is 52.6 Å². The van der Waals surface area contributed by atoms with Gasteiger partial charge in [-0.3, -0.25) is 9.59 Å². The summed E-state index contributed by atoms with van der Waals surface area (Å²) < 4.78 is 10.5. The molecule has 4 saturated carbocycles. The van der Waals surface area contributed by atoms with Crippen molar-refractivity contribution in [3.8, 4) is 0 Å². The SMILES string of the molecule is C=C1[C@@H](OC(C)=O)CC[C@@]2(C)[C@H]1CC[C@@H]1[C@@H]2CC[C@]2(C)[C@@H]([C@H](C)CCCC(=O)OC)CC[C@@H]12. The molecule has 9 atom stereocenters. The van der Waals surface area contributed by atoms with Gasteiger partial charge in [0.25, 0.3) is 0 Å². The van der Waals surface area contributed by atoms with Crippen LogP contribution in [0.3, 0.4) is 0 Å². The number of carbonyl (C=O) groups excluding carboxylic acids is 2. The van der Waals surface area contributed by atoms with Gasteiger partial charge in [0.05, 0.1) is 7.11 Å². The molecule has 0 N–H and O–H groups in total. The van der Waals surface area contributed by atoms with Crippen molar-refractivity contribution in [3.05, 3.63) is 12.2 Å². The lowest BCUT2D eigenvalue weighted by molar-refractivity contribution is -0.151. The van der Waals surface area contributed by atoms with E-state index in [0.29, 0.717) is 29.1 Å². The highest BCUT2D eigenvalue weighted by atomic mass is 16.5. The van der Waals surface area contributed by atoms with Gasteiger partial charge in [0.15, 0.2) is 0 Å². The van der Waals surface area contributed by atoms with Gasteiger partial charge in [-0.15, -0.1) is 0 Å². The first-order valence-corrected chi connectivity index (χ1v) is 13.5. The second kappa shape index (κ2) is 9.38. The van der Waals surface area contributed by atoms with Crippen molar-refractivity contribution in [2.24, 2.45) is 46.3 Å². The third-order valence-electron chi connectivity index (χ3n) is 11.0. The number of hydrogen-bond acceptors (Lipinski definition) is 4. The maximum atomic E-state index is 11.6. The van der Waals surface area contributed by atoms with Gasteiger partial charge in [-0.25, -0.2) is 0 Å². The average molecular weight is 459 g/mol. The zero-order valence-corrected chi connectivity index (χ0v) is 21.7. The minimum absolute atomic E-state index is 0.0757. The van der Waals surface area contributed by atoms with Crippen molar-refractivity contribution in [1.82, 2.24) is 0 Å². The number of fused-ring (bicyclic) bond motifs is 5. The summed E-state index contributed by atoms with van der Waals surface area (Å²) in [5, 5.41) is 0. The lowest BCUT2D eigenvalue weighted by Crippen LogP contribution is -2.55. The van der Waals surface area contributed by atoms with Crippen LogP contribution in [-0.4, -0.2) is 25.2 Å². The van der Waals surface area contributed by atoms with E-state index in [2.05, 4.69) is 27.4 Å². The number of carbonyl (C=O) groups is 2. The fourth-order valence-electron chi connectivity index (χ4n) is 9.46. The molecule has 0 saturated heterocycles. The number of hydrogen-bond donors (Lipinski definition) is 0. The molecule has 4 nitrogen and oxygen atoms in total. The van der Waals surface area contributed by atoms with Crippen LogP contribution in [0, 0.1) is 46.3 Å². The highest BCUT2D eigenvalue weighted by Crippen LogP contribution is 2.68. The lowest BCUT2D eigenvalue weighted by Gasteiger charge is -2.61. The first kappa shape index (κ1) is 24.8. The molecule has 0 bridgehead atoms. The maximum absolute atomic E-state index is 11.6. The van der Waals surface area contributed by atoms with Crippen LogP contribution >= 0.6 is 0 Å². The first-order chi connectivity index (χ1) is 15.6. The molecule has 0 aliphatic heterocycles. The summed E-state index contributed by atoms with van der Waals surface area (Å²) in [6.07, 6.45) is 12.6. The molecule has 0 radical (unpaired) electrons. The van der Waals surface area contributed by atoms with E-state index in [1.807, 2.05) is 0 Å². The van der Waals surface area contributed by atoms with E-state index < -0.39 is 0 Å². The molecule has 0 aromatic carbocycles. The normalized spacial score (nSPS) is 43.1. The molecule has 4 heteroatoms. The number of rotatable bonds is 6. The van der Waals surface area contributed by atoms with Crippen molar-refractivity contribution < 1.29 is 19.1 Å². The van der Waals surface area contributed by atoms with Gasteiger partial charge in [-0.05, 0) is 116 Å². The predicted octanol–water partition coefficient (Wildman–Crippen LogP) is 6.72. The third-order valence-corrected chi connectivity index (χ3v) is 11.0. The van der Waals surface area contributed by atoms with Crippen LogP contribution in [0.5, 0.6) is 0 Å². The summed E-state index contributed by atoms with van der Waals surface area (Å²) >= 11 is 0. The summed E-state index contributed by atoms with van der Waals surface area (Å²) in [7, 11) is 1.49. The van der Waals surface area contributed by atoms with Crippen molar-refractivity contribution in [2.45, 2.75) is 104 Å². The fraction of sp³-hybridized carbons (Fsp3) is 0.862. The fourth-order valence-corrected chi connectivity index (χ4v) is 9.46. The smallest absolute Gasteiger partial charge is 0.305 e. The molecule has 33 heavy (non-hydrogen) atoms. The highest BCUT2D eigenvalue weighted by molar-refractivity contribution is 5.69. The molecule has 4 aliphatic rings. The molecule has 0 aromatic heterocycles.